The highest BCUT2D eigenvalue weighted by Crippen LogP contribution is 2.23. The molecule has 0 radical (unpaired) electrons. The van der Waals surface area contributed by atoms with Gasteiger partial charge in [0.25, 0.3) is 0 Å². The monoisotopic (exact) mass is 236 g/mol. The van der Waals surface area contributed by atoms with Crippen molar-refractivity contribution in [3.8, 4) is 6.07 Å². The van der Waals surface area contributed by atoms with Crippen LogP contribution in [0.4, 0.5) is 0 Å². The molecule has 1 unspecified atom stereocenters. The van der Waals surface area contributed by atoms with Crippen LogP contribution < -0.4 is 0 Å². The number of methoxy groups -OCH3 is 1. The maximum Gasteiger partial charge on any atom is 0.306 e. The van der Waals surface area contributed by atoms with Crippen molar-refractivity contribution in [3.63, 3.8) is 0 Å². The van der Waals surface area contributed by atoms with Gasteiger partial charge in [-0.15, -0.1) is 11.8 Å². The molecule has 0 amide bonds. The molecule has 0 saturated carbocycles. The summed E-state index contributed by atoms with van der Waals surface area (Å²) >= 11 is 1.45. The van der Waals surface area contributed by atoms with Gasteiger partial charge in [0.2, 0.25) is 0 Å². The van der Waals surface area contributed by atoms with Crippen LogP contribution >= 0.6 is 11.8 Å². The molecule has 0 aromatic carbocycles. The van der Waals surface area contributed by atoms with Crippen LogP contribution in [-0.2, 0) is 9.53 Å². The van der Waals surface area contributed by atoms with Gasteiger partial charge in [0.15, 0.2) is 0 Å². The molecule has 84 valence electrons. The lowest BCUT2D eigenvalue weighted by Gasteiger charge is -2.08. The Morgan fingerprint density at radius 1 is 1.75 bits per heavy atom. The van der Waals surface area contributed by atoms with Gasteiger partial charge >= 0.3 is 5.97 Å². The largest absolute Gasteiger partial charge is 0.469 e. The molecule has 4 nitrogen and oxygen atoms in total. The fourth-order valence-corrected chi connectivity index (χ4v) is 2.06. The zero-order valence-corrected chi connectivity index (χ0v) is 9.95. The van der Waals surface area contributed by atoms with E-state index in [4.69, 9.17) is 5.26 Å². The molecule has 0 aliphatic rings. The number of rotatable bonds is 4. The summed E-state index contributed by atoms with van der Waals surface area (Å²) < 4.78 is 4.58. The SMILES string of the molecule is COC(=O)CC(C)Sc1cc(C#N)ccn1. The predicted octanol–water partition coefficient (Wildman–Crippen LogP) is 2.00. The van der Waals surface area contributed by atoms with E-state index in [-0.39, 0.29) is 11.2 Å². The smallest absolute Gasteiger partial charge is 0.306 e. The van der Waals surface area contributed by atoms with E-state index in [1.165, 1.54) is 18.9 Å². The molecule has 0 N–H and O–H groups in total. The first kappa shape index (κ1) is 12.5. The first-order valence-corrected chi connectivity index (χ1v) is 5.63. The second kappa shape index (κ2) is 6.13. The van der Waals surface area contributed by atoms with Crippen LogP contribution in [0, 0.1) is 11.3 Å². The summed E-state index contributed by atoms with van der Waals surface area (Å²) in [5.41, 5.74) is 0.572. The lowest BCUT2D eigenvalue weighted by molar-refractivity contribution is -0.140. The number of esters is 1. The van der Waals surface area contributed by atoms with Crippen molar-refractivity contribution in [1.29, 1.82) is 5.26 Å². The van der Waals surface area contributed by atoms with E-state index in [9.17, 15) is 4.79 Å². The minimum absolute atomic E-state index is 0.0777. The molecular formula is C11H12N2O2S. The molecule has 0 fully saturated rings. The summed E-state index contributed by atoms with van der Waals surface area (Å²) in [5, 5.41) is 9.54. The second-order valence-corrected chi connectivity index (χ2v) is 4.66. The van der Waals surface area contributed by atoms with E-state index in [1.54, 1.807) is 18.3 Å². The fourth-order valence-electron chi connectivity index (χ4n) is 1.11. The molecule has 1 heterocycles. The average Bonchev–Trinajstić information content (AvgIpc) is 2.28. The number of ether oxygens (including phenoxy) is 1. The lowest BCUT2D eigenvalue weighted by Crippen LogP contribution is -2.08. The lowest BCUT2D eigenvalue weighted by atomic mass is 10.3. The van der Waals surface area contributed by atoms with Gasteiger partial charge in [-0.3, -0.25) is 4.79 Å². The minimum Gasteiger partial charge on any atom is -0.469 e. The molecule has 0 aliphatic carbocycles. The number of hydrogen-bond acceptors (Lipinski definition) is 5. The summed E-state index contributed by atoms with van der Waals surface area (Å²) in [6, 6.07) is 5.40. The van der Waals surface area contributed by atoms with Crippen LogP contribution in [-0.4, -0.2) is 23.3 Å². The molecule has 5 heteroatoms. The molecule has 16 heavy (non-hydrogen) atoms. The van der Waals surface area contributed by atoms with Crippen molar-refractivity contribution in [3.05, 3.63) is 23.9 Å². The molecule has 0 aliphatic heterocycles. The van der Waals surface area contributed by atoms with E-state index < -0.39 is 0 Å². The molecule has 0 spiro atoms. The van der Waals surface area contributed by atoms with Crippen LogP contribution in [0.2, 0.25) is 0 Å². The Bertz CT molecular complexity index is 415. The number of pyridine rings is 1. The van der Waals surface area contributed by atoms with Crippen LogP contribution in [0.1, 0.15) is 18.9 Å². The van der Waals surface area contributed by atoms with E-state index >= 15 is 0 Å². The summed E-state index contributed by atoms with van der Waals surface area (Å²) in [6.07, 6.45) is 1.92. The van der Waals surface area contributed by atoms with E-state index in [0.717, 1.165) is 5.03 Å². The molecule has 1 aromatic heterocycles. The molecule has 1 rings (SSSR count). The van der Waals surface area contributed by atoms with Crippen molar-refractivity contribution in [1.82, 2.24) is 4.98 Å². The first-order valence-electron chi connectivity index (χ1n) is 4.75. The van der Waals surface area contributed by atoms with E-state index in [1.807, 2.05) is 13.0 Å². The quantitative estimate of drug-likeness (QED) is 0.591. The van der Waals surface area contributed by atoms with Crippen molar-refractivity contribution in [2.75, 3.05) is 7.11 Å². The highest BCUT2D eigenvalue weighted by molar-refractivity contribution is 7.99. The molecule has 0 saturated heterocycles. The Labute approximate surface area is 98.6 Å². The zero-order chi connectivity index (χ0) is 12.0. The normalized spacial score (nSPS) is 11.6. The highest BCUT2D eigenvalue weighted by atomic mass is 32.2. The van der Waals surface area contributed by atoms with Gasteiger partial charge in [-0.1, -0.05) is 6.92 Å². The third-order valence-electron chi connectivity index (χ3n) is 1.87. The number of thioether (sulfide) groups is 1. The van der Waals surface area contributed by atoms with E-state index in [2.05, 4.69) is 9.72 Å². The van der Waals surface area contributed by atoms with Gasteiger partial charge < -0.3 is 4.74 Å². The Hall–Kier alpha value is -1.54. The number of hydrogen-bond donors (Lipinski definition) is 0. The van der Waals surface area contributed by atoms with Gasteiger partial charge in [-0.25, -0.2) is 4.98 Å². The van der Waals surface area contributed by atoms with Crippen LogP contribution in [0.25, 0.3) is 0 Å². The predicted molar refractivity (Wildman–Crippen MR) is 60.9 cm³/mol. The van der Waals surface area contributed by atoms with Crippen molar-refractivity contribution >= 4 is 17.7 Å². The number of aromatic nitrogens is 1. The van der Waals surface area contributed by atoms with Crippen LogP contribution in [0.5, 0.6) is 0 Å². The minimum atomic E-state index is -0.239. The average molecular weight is 236 g/mol. The maximum absolute atomic E-state index is 11.0. The van der Waals surface area contributed by atoms with Gasteiger partial charge in [0.1, 0.15) is 0 Å². The van der Waals surface area contributed by atoms with E-state index in [0.29, 0.717) is 12.0 Å². The van der Waals surface area contributed by atoms with Gasteiger partial charge in [-0.2, -0.15) is 5.26 Å². The van der Waals surface area contributed by atoms with Crippen LogP contribution in [0.3, 0.4) is 0 Å². The summed E-state index contributed by atoms with van der Waals surface area (Å²) in [5.74, 6) is -0.239. The standard InChI is InChI=1S/C11H12N2O2S/c1-8(5-11(14)15-2)16-10-6-9(7-12)3-4-13-10/h3-4,6,8H,5H2,1-2H3. The Morgan fingerprint density at radius 3 is 3.12 bits per heavy atom. The molecule has 1 atom stereocenters. The van der Waals surface area contributed by atoms with Gasteiger partial charge in [0.05, 0.1) is 30.2 Å². The van der Waals surface area contributed by atoms with Crippen molar-refractivity contribution in [2.45, 2.75) is 23.6 Å². The first-order chi connectivity index (χ1) is 7.65. The molecular weight excluding hydrogens is 224 g/mol. The third kappa shape index (κ3) is 3.91. The maximum atomic E-state index is 11.0. The summed E-state index contributed by atoms with van der Waals surface area (Å²) in [4.78, 5) is 15.1. The summed E-state index contributed by atoms with van der Waals surface area (Å²) in [6.45, 7) is 1.92. The number of carbonyl (C=O) groups excluding carboxylic acids is 1. The third-order valence-corrected chi connectivity index (χ3v) is 2.90. The van der Waals surface area contributed by atoms with Gasteiger partial charge in [-0.05, 0) is 12.1 Å². The molecule has 1 aromatic rings. The van der Waals surface area contributed by atoms with Crippen molar-refractivity contribution < 1.29 is 9.53 Å². The Kier molecular flexibility index (Phi) is 4.80. The number of nitriles is 1. The Morgan fingerprint density at radius 2 is 2.50 bits per heavy atom. The summed E-state index contributed by atoms with van der Waals surface area (Å²) in [7, 11) is 1.37. The zero-order valence-electron chi connectivity index (χ0n) is 9.14. The number of carbonyl (C=O) groups is 1. The van der Waals surface area contributed by atoms with Gasteiger partial charge in [0, 0.05) is 11.4 Å². The Balaban J connectivity index is 2.59. The molecule has 0 bridgehead atoms. The fraction of sp³-hybridized carbons (Fsp3) is 0.364. The second-order valence-electron chi connectivity index (χ2n) is 3.20. The topological polar surface area (TPSA) is 63.0 Å². The highest BCUT2D eigenvalue weighted by Gasteiger charge is 2.11. The van der Waals surface area contributed by atoms with Crippen LogP contribution in [0.15, 0.2) is 23.4 Å². The van der Waals surface area contributed by atoms with Crippen molar-refractivity contribution in [2.24, 2.45) is 0 Å². The number of nitrogens with zero attached hydrogens (tertiary/aromatic N) is 2.